The number of ether oxygens (including phenoxy) is 2. The maximum atomic E-state index is 11.9. The van der Waals surface area contributed by atoms with Crippen LogP contribution in [0.2, 0.25) is 0 Å². The van der Waals surface area contributed by atoms with Gasteiger partial charge in [-0.3, -0.25) is 14.6 Å². The van der Waals surface area contributed by atoms with Crippen LogP contribution in [-0.4, -0.2) is 42.4 Å². The summed E-state index contributed by atoms with van der Waals surface area (Å²) in [7, 11) is 3.15. The number of hydrogen-bond acceptors (Lipinski definition) is 8. The van der Waals surface area contributed by atoms with Gasteiger partial charge in [-0.25, -0.2) is 4.98 Å². The van der Waals surface area contributed by atoms with E-state index in [0.717, 1.165) is 17.3 Å². The highest BCUT2D eigenvalue weighted by molar-refractivity contribution is 7.99. The third-order valence-electron chi connectivity index (χ3n) is 3.49. The number of nitrogens with two attached hydrogens (primary N) is 2. The number of methoxy groups -OCH3 is 2. The number of hydrogen-bond donors (Lipinski definition) is 4. The van der Waals surface area contributed by atoms with Gasteiger partial charge in [-0.15, -0.1) is 0 Å². The van der Waals surface area contributed by atoms with E-state index in [-0.39, 0.29) is 28.3 Å². The number of rotatable bonds is 8. The minimum atomic E-state index is -0.520. The van der Waals surface area contributed by atoms with Gasteiger partial charge in [0.2, 0.25) is 5.91 Å². The van der Waals surface area contributed by atoms with E-state index in [1.165, 1.54) is 0 Å². The van der Waals surface area contributed by atoms with Crippen LogP contribution in [0.3, 0.4) is 0 Å². The molecule has 0 radical (unpaired) electrons. The Kier molecular flexibility index (Phi) is 6.73. The first kappa shape index (κ1) is 19.4. The number of aromatic nitrogens is 2. The highest BCUT2D eigenvalue weighted by Crippen LogP contribution is 2.27. The average Bonchev–Trinajstić information content (AvgIpc) is 2.64. The van der Waals surface area contributed by atoms with Gasteiger partial charge in [0.25, 0.3) is 5.56 Å². The topological polar surface area (TPSA) is 145 Å². The second-order valence-electron chi connectivity index (χ2n) is 5.25. The van der Waals surface area contributed by atoms with E-state index in [9.17, 15) is 9.59 Å². The number of aromatic amines is 1. The summed E-state index contributed by atoms with van der Waals surface area (Å²) in [6.07, 6.45) is 0.640. The maximum absolute atomic E-state index is 11.9. The molecule has 0 saturated heterocycles. The molecule has 0 fully saturated rings. The van der Waals surface area contributed by atoms with E-state index >= 15 is 0 Å². The number of amides is 1. The molecule has 1 aromatic heterocycles. The number of carbonyl (C=O) groups is 1. The van der Waals surface area contributed by atoms with Crippen LogP contribution in [0.15, 0.2) is 28.2 Å². The Morgan fingerprint density at radius 1 is 1.27 bits per heavy atom. The van der Waals surface area contributed by atoms with Gasteiger partial charge in [0.15, 0.2) is 22.5 Å². The van der Waals surface area contributed by atoms with Gasteiger partial charge in [0.05, 0.1) is 20.0 Å². The largest absolute Gasteiger partial charge is 0.493 e. The third-order valence-corrected chi connectivity index (χ3v) is 4.36. The van der Waals surface area contributed by atoms with Crippen LogP contribution in [0, 0.1) is 0 Å². The summed E-state index contributed by atoms with van der Waals surface area (Å²) in [4.78, 5) is 29.8. The molecule has 0 spiro atoms. The number of nitrogen functional groups attached to an aromatic ring is 2. The molecule has 0 saturated carbocycles. The first-order valence-electron chi connectivity index (χ1n) is 7.70. The van der Waals surface area contributed by atoms with Crippen molar-refractivity contribution in [2.75, 3.05) is 38.0 Å². The van der Waals surface area contributed by atoms with Crippen molar-refractivity contribution in [3.05, 3.63) is 34.1 Å². The summed E-state index contributed by atoms with van der Waals surface area (Å²) in [6, 6.07) is 5.60. The molecule has 0 unspecified atom stereocenters. The standard InChI is InChI=1S/C16H21N5O4S/c1-24-10-4-3-9(7-11(10)25-2)5-6-19-12(22)8-26-16-20-14(18)13(17)15(23)21-16/h3-4,7H,5-6,8,17H2,1-2H3,(H,19,22)(H3,18,20,21,23). The summed E-state index contributed by atoms with van der Waals surface area (Å²) in [5, 5.41) is 3.05. The number of nitrogens with one attached hydrogen (secondary N) is 2. The summed E-state index contributed by atoms with van der Waals surface area (Å²) in [5.41, 5.74) is 11.3. The van der Waals surface area contributed by atoms with E-state index in [1.54, 1.807) is 14.2 Å². The summed E-state index contributed by atoms with van der Waals surface area (Å²) in [5.74, 6) is 1.15. The van der Waals surface area contributed by atoms with Crippen LogP contribution in [-0.2, 0) is 11.2 Å². The molecule has 1 aromatic carbocycles. The SMILES string of the molecule is COc1ccc(CCNC(=O)CSc2nc(N)c(N)c(=O)[nH]2)cc1OC. The molecule has 1 heterocycles. The van der Waals surface area contributed by atoms with Gasteiger partial charge in [-0.2, -0.15) is 0 Å². The quantitative estimate of drug-likeness (QED) is 0.381. The third kappa shape index (κ3) is 5.06. The van der Waals surface area contributed by atoms with Gasteiger partial charge in [0, 0.05) is 6.54 Å². The smallest absolute Gasteiger partial charge is 0.276 e. The number of H-pyrrole nitrogens is 1. The highest BCUT2D eigenvalue weighted by Gasteiger charge is 2.09. The lowest BCUT2D eigenvalue weighted by Gasteiger charge is -2.10. The predicted molar refractivity (Wildman–Crippen MR) is 101 cm³/mol. The van der Waals surface area contributed by atoms with Crippen molar-refractivity contribution in [3.63, 3.8) is 0 Å². The molecule has 0 aliphatic heterocycles. The zero-order valence-corrected chi connectivity index (χ0v) is 15.3. The molecule has 2 aromatic rings. The van der Waals surface area contributed by atoms with E-state index < -0.39 is 5.56 Å². The lowest BCUT2D eigenvalue weighted by atomic mass is 10.1. The van der Waals surface area contributed by atoms with Crippen molar-refractivity contribution in [2.24, 2.45) is 0 Å². The van der Waals surface area contributed by atoms with Crippen LogP contribution in [0.4, 0.5) is 11.5 Å². The molecule has 26 heavy (non-hydrogen) atoms. The Morgan fingerprint density at radius 2 is 2.00 bits per heavy atom. The monoisotopic (exact) mass is 379 g/mol. The van der Waals surface area contributed by atoms with Crippen LogP contribution >= 0.6 is 11.8 Å². The van der Waals surface area contributed by atoms with Crippen LogP contribution in [0.25, 0.3) is 0 Å². The van der Waals surface area contributed by atoms with Crippen molar-refractivity contribution >= 4 is 29.2 Å². The fourth-order valence-corrected chi connectivity index (χ4v) is 2.81. The average molecular weight is 379 g/mol. The summed E-state index contributed by atoms with van der Waals surface area (Å²) < 4.78 is 10.4. The zero-order chi connectivity index (χ0) is 19.1. The first-order chi connectivity index (χ1) is 12.4. The van der Waals surface area contributed by atoms with Crippen LogP contribution in [0.5, 0.6) is 11.5 Å². The van der Waals surface area contributed by atoms with E-state index in [4.69, 9.17) is 20.9 Å². The second-order valence-corrected chi connectivity index (χ2v) is 6.21. The Labute approximate surface area is 154 Å². The van der Waals surface area contributed by atoms with Gasteiger partial charge in [-0.05, 0) is 24.1 Å². The van der Waals surface area contributed by atoms with Crippen LogP contribution in [0.1, 0.15) is 5.56 Å². The molecular weight excluding hydrogens is 358 g/mol. The predicted octanol–water partition coefficient (Wildman–Crippen LogP) is 0.403. The number of carbonyl (C=O) groups excluding carboxylic acids is 1. The van der Waals surface area contributed by atoms with Gasteiger partial charge < -0.3 is 26.3 Å². The molecule has 2 rings (SSSR count). The minimum Gasteiger partial charge on any atom is -0.493 e. The molecule has 9 nitrogen and oxygen atoms in total. The normalized spacial score (nSPS) is 10.4. The Balaban J connectivity index is 1.81. The summed E-state index contributed by atoms with van der Waals surface area (Å²) in [6.45, 7) is 0.461. The lowest BCUT2D eigenvalue weighted by Crippen LogP contribution is -2.27. The molecule has 10 heteroatoms. The molecule has 0 bridgehead atoms. The molecular formula is C16H21N5O4S. The minimum absolute atomic E-state index is 0.0508. The van der Waals surface area contributed by atoms with Crippen molar-refractivity contribution in [3.8, 4) is 11.5 Å². The number of thioether (sulfide) groups is 1. The van der Waals surface area contributed by atoms with E-state index in [2.05, 4.69) is 15.3 Å². The van der Waals surface area contributed by atoms with E-state index in [1.807, 2.05) is 18.2 Å². The fraction of sp³-hybridized carbons (Fsp3) is 0.312. The molecule has 0 aliphatic rings. The molecule has 140 valence electrons. The Morgan fingerprint density at radius 3 is 2.65 bits per heavy atom. The number of nitrogens with zero attached hydrogens (tertiary/aromatic N) is 1. The summed E-state index contributed by atoms with van der Waals surface area (Å²) >= 11 is 1.07. The van der Waals surface area contributed by atoms with Gasteiger partial charge >= 0.3 is 0 Å². The van der Waals surface area contributed by atoms with Crippen molar-refractivity contribution < 1.29 is 14.3 Å². The van der Waals surface area contributed by atoms with Crippen molar-refractivity contribution in [2.45, 2.75) is 11.6 Å². The van der Waals surface area contributed by atoms with Crippen LogP contribution < -0.4 is 31.8 Å². The first-order valence-corrected chi connectivity index (χ1v) is 8.68. The zero-order valence-electron chi connectivity index (χ0n) is 14.5. The lowest BCUT2D eigenvalue weighted by molar-refractivity contribution is -0.118. The Hall–Kier alpha value is -2.88. The molecule has 1 amide bonds. The van der Waals surface area contributed by atoms with E-state index in [0.29, 0.717) is 24.5 Å². The number of benzene rings is 1. The molecule has 6 N–H and O–H groups in total. The fourth-order valence-electron chi connectivity index (χ4n) is 2.11. The number of anilines is 2. The highest BCUT2D eigenvalue weighted by atomic mass is 32.2. The van der Waals surface area contributed by atoms with Crippen molar-refractivity contribution in [1.82, 2.24) is 15.3 Å². The molecule has 0 atom stereocenters. The van der Waals surface area contributed by atoms with Crippen molar-refractivity contribution in [1.29, 1.82) is 0 Å². The maximum Gasteiger partial charge on any atom is 0.276 e. The second kappa shape index (κ2) is 8.99. The Bertz CT molecular complexity index is 840. The van der Waals surface area contributed by atoms with Gasteiger partial charge in [-0.1, -0.05) is 17.8 Å². The molecule has 0 aliphatic carbocycles. The van der Waals surface area contributed by atoms with Gasteiger partial charge in [0.1, 0.15) is 5.69 Å².